The molecule has 0 bridgehead atoms. The van der Waals surface area contributed by atoms with E-state index >= 15 is 0 Å². The molecule has 1 atom stereocenters. The summed E-state index contributed by atoms with van der Waals surface area (Å²) in [4.78, 5) is 16.5. The summed E-state index contributed by atoms with van der Waals surface area (Å²) in [5, 5.41) is 3.00. The lowest BCUT2D eigenvalue weighted by Crippen LogP contribution is -2.31. The molecule has 2 aromatic carbocycles. The number of nitrogens with zero attached hydrogens (tertiary/aromatic N) is 2. The van der Waals surface area contributed by atoms with E-state index in [0.29, 0.717) is 13.2 Å². The van der Waals surface area contributed by atoms with Crippen LogP contribution in [0.4, 0.5) is 0 Å². The fourth-order valence-corrected chi connectivity index (χ4v) is 2.98. The molecule has 0 saturated heterocycles. The first-order chi connectivity index (χ1) is 11.3. The first kappa shape index (κ1) is 13.8. The Morgan fingerprint density at radius 3 is 3.00 bits per heavy atom. The number of imidazole rings is 1. The topological polar surface area (TPSA) is 56.2 Å². The minimum Gasteiger partial charge on any atom is -0.493 e. The molecule has 0 aliphatic carbocycles. The molecular formula is C18H17N3O2. The second kappa shape index (κ2) is 5.76. The third-order valence-electron chi connectivity index (χ3n) is 4.19. The minimum absolute atomic E-state index is 0.0162. The highest BCUT2D eigenvalue weighted by molar-refractivity contribution is 5.80. The van der Waals surface area contributed by atoms with Gasteiger partial charge in [-0.1, -0.05) is 30.3 Å². The summed E-state index contributed by atoms with van der Waals surface area (Å²) in [6, 6.07) is 15.8. The molecule has 1 amide bonds. The predicted molar refractivity (Wildman–Crippen MR) is 87.4 cm³/mol. The molecule has 0 fully saturated rings. The monoisotopic (exact) mass is 307 g/mol. The van der Waals surface area contributed by atoms with Crippen molar-refractivity contribution >= 4 is 16.9 Å². The van der Waals surface area contributed by atoms with E-state index in [-0.39, 0.29) is 18.4 Å². The van der Waals surface area contributed by atoms with Gasteiger partial charge in [-0.05, 0) is 18.2 Å². The maximum atomic E-state index is 12.2. The molecule has 116 valence electrons. The van der Waals surface area contributed by atoms with Gasteiger partial charge in [0.2, 0.25) is 5.91 Å². The molecule has 0 radical (unpaired) electrons. The fraction of sp³-hybridized carbons (Fsp3) is 0.222. The van der Waals surface area contributed by atoms with Gasteiger partial charge in [0.1, 0.15) is 12.3 Å². The summed E-state index contributed by atoms with van der Waals surface area (Å²) < 4.78 is 7.51. The van der Waals surface area contributed by atoms with Crippen LogP contribution in [0.3, 0.4) is 0 Å². The molecule has 1 N–H and O–H groups in total. The molecule has 5 heteroatoms. The highest BCUT2D eigenvalue weighted by atomic mass is 16.5. The average Bonchev–Trinajstić information content (AvgIpc) is 3.18. The van der Waals surface area contributed by atoms with Crippen molar-refractivity contribution in [3.05, 3.63) is 60.4 Å². The van der Waals surface area contributed by atoms with Crippen molar-refractivity contribution in [2.24, 2.45) is 0 Å². The molecule has 0 spiro atoms. The summed E-state index contributed by atoms with van der Waals surface area (Å²) >= 11 is 0. The van der Waals surface area contributed by atoms with Crippen molar-refractivity contribution < 1.29 is 9.53 Å². The van der Waals surface area contributed by atoms with Crippen molar-refractivity contribution in [2.45, 2.75) is 12.5 Å². The number of hydrogen-bond acceptors (Lipinski definition) is 3. The average molecular weight is 307 g/mol. The molecule has 4 rings (SSSR count). The molecule has 3 aromatic rings. The second-order valence-corrected chi connectivity index (χ2v) is 5.71. The van der Waals surface area contributed by atoms with Gasteiger partial charge in [0.25, 0.3) is 0 Å². The van der Waals surface area contributed by atoms with Gasteiger partial charge in [0, 0.05) is 18.0 Å². The summed E-state index contributed by atoms with van der Waals surface area (Å²) in [7, 11) is 0. The van der Waals surface area contributed by atoms with Crippen LogP contribution < -0.4 is 10.1 Å². The van der Waals surface area contributed by atoms with E-state index in [9.17, 15) is 4.79 Å². The summed E-state index contributed by atoms with van der Waals surface area (Å²) in [5.74, 6) is 1.12. The van der Waals surface area contributed by atoms with Gasteiger partial charge in [0.05, 0.1) is 24.0 Å². The van der Waals surface area contributed by atoms with E-state index in [4.69, 9.17) is 4.74 Å². The maximum Gasteiger partial charge on any atom is 0.240 e. The van der Waals surface area contributed by atoms with Crippen LogP contribution in [0.25, 0.3) is 11.0 Å². The molecule has 2 heterocycles. The Labute approximate surface area is 133 Å². The van der Waals surface area contributed by atoms with Gasteiger partial charge in [0.15, 0.2) is 0 Å². The highest BCUT2D eigenvalue weighted by Gasteiger charge is 2.23. The Morgan fingerprint density at radius 2 is 2.04 bits per heavy atom. The molecular weight excluding hydrogens is 290 g/mol. The number of nitrogens with one attached hydrogen (secondary N) is 1. The van der Waals surface area contributed by atoms with Gasteiger partial charge >= 0.3 is 0 Å². The molecule has 1 aliphatic rings. The number of fused-ring (bicyclic) bond motifs is 2. The zero-order valence-corrected chi connectivity index (χ0v) is 12.6. The molecule has 1 aromatic heterocycles. The number of benzene rings is 2. The van der Waals surface area contributed by atoms with E-state index in [0.717, 1.165) is 16.8 Å². The predicted octanol–water partition coefficient (Wildman–Crippen LogP) is 2.33. The van der Waals surface area contributed by atoms with Gasteiger partial charge in [-0.2, -0.15) is 0 Å². The van der Waals surface area contributed by atoms with E-state index in [2.05, 4.69) is 16.4 Å². The summed E-state index contributed by atoms with van der Waals surface area (Å²) in [5.41, 5.74) is 3.04. The van der Waals surface area contributed by atoms with Gasteiger partial charge in [-0.15, -0.1) is 0 Å². The third kappa shape index (κ3) is 2.65. The summed E-state index contributed by atoms with van der Waals surface area (Å²) in [6.45, 7) is 1.48. The lowest BCUT2D eigenvalue weighted by Gasteiger charge is -2.11. The Bertz CT molecular complexity index is 856. The SMILES string of the molecule is O=C(Cn1cnc2ccccc21)NC[C@H]1COc2ccccc21. The van der Waals surface area contributed by atoms with Gasteiger partial charge in [-0.3, -0.25) is 4.79 Å². The van der Waals surface area contributed by atoms with Crippen LogP contribution in [0.5, 0.6) is 5.75 Å². The normalized spacial score (nSPS) is 16.1. The maximum absolute atomic E-state index is 12.2. The van der Waals surface area contributed by atoms with Crippen LogP contribution in [-0.4, -0.2) is 28.6 Å². The number of amides is 1. The molecule has 1 aliphatic heterocycles. The van der Waals surface area contributed by atoms with Gasteiger partial charge < -0.3 is 14.6 Å². The largest absolute Gasteiger partial charge is 0.493 e. The fourth-order valence-electron chi connectivity index (χ4n) is 2.98. The van der Waals surface area contributed by atoms with Crippen molar-refractivity contribution in [1.29, 1.82) is 0 Å². The number of rotatable bonds is 4. The van der Waals surface area contributed by atoms with Crippen LogP contribution >= 0.6 is 0 Å². The first-order valence-electron chi connectivity index (χ1n) is 7.69. The highest BCUT2D eigenvalue weighted by Crippen LogP contribution is 2.32. The van der Waals surface area contributed by atoms with Gasteiger partial charge in [-0.25, -0.2) is 4.98 Å². The number of para-hydroxylation sites is 3. The Balaban J connectivity index is 1.40. The van der Waals surface area contributed by atoms with Crippen LogP contribution in [0.15, 0.2) is 54.9 Å². The van der Waals surface area contributed by atoms with Crippen LogP contribution in [0, 0.1) is 0 Å². The van der Waals surface area contributed by atoms with Crippen molar-refractivity contribution in [1.82, 2.24) is 14.9 Å². The number of carbonyl (C=O) groups excluding carboxylic acids is 1. The zero-order valence-electron chi connectivity index (χ0n) is 12.6. The Kier molecular flexibility index (Phi) is 3.46. The van der Waals surface area contributed by atoms with Crippen molar-refractivity contribution in [3.8, 4) is 5.75 Å². The molecule has 23 heavy (non-hydrogen) atoms. The number of aromatic nitrogens is 2. The van der Waals surface area contributed by atoms with E-state index in [1.54, 1.807) is 6.33 Å². The van der Waals surface area contributed by atoms with Crippen LogP contribution in [-0.2, 0) is 11.3 Å². The molecule has 0 unspecified atom stereocenters. The quantitative estimate of drug-likeness (QED) is 0.805. The number of carbonyl (C=O) groups is 1. The van der Waals surface area contributed by atoms with Crippen molar-refractivity contribution in [2.75, 3.05) is 13.2 Å². The lowest BCUT2D eigenvalue weighted by atomic mass is 10.0. The third-order valence-corrected chi connectivity index (χ3v) is 4.19. The smallest absolute Gasteiger partial charge is 0.240 e. The van der Waals surface area contributed by atoms with E-state index < -0.39 is 0 Å². The van der Waals surface area contributed by atoms with E-state index in [1.807, 2.05) is 47.0 Å². The molecule has 5 nitrogen and oxygen atoms in total. The Hall–Kier alpha value is -2.82. The molecule has 0 saturated carbocycles. The first-order valence-corrected chi connectivity index (χ1v) is 7.69. The van der Waals surface area contributed by atoms with Crippen LogP contribution in [0.1, 0.15) is 11.5 Å². The number of hydrogen-bond donors (Lipinski definition) is 1. The minimum atomic E-state index is -0.0162. The van der Waals surface area contributed by atoms with E-state index in [1.165, 1.54) is 5.56 Å². The standard InChI is InChI=1S/C18H17N3O2/c22-18(10-21-12-20-15-6-2-3-7-16(15)21)19-9-13-11-23-17-8-4-1-5-14(13)17/h1-8,12-13H,9-11H2,(H,19,22)/t13-/m0/s1. The Morgan fingerprint density at radius 1 is 1.22 bits per heavy atom. The number of ether oxygens (including phenoxy) is 1. The lowest BCUT2D eigenvalue weighted by molar-refractivity contribution is -0.121. The van der Waals surface area contributed by atoms with Crippen LogP contribution in [0.2, 0.25) is 0 Å². The second-order valence-electron chi connectivity index (χ2n) is 5.71. The zero-order chi connectivity index (χ0) is 15.6. The van der Waals surface area contributed by atoms with Crippen molar-refractivity contribution in [3.63, 3.8) is 0 Å². The summed E-state index contributed by atoms with van der Waals surface area (Å²) in [6.07, 6.45) is 1.71.